The monoisotopic (exact) mass is 765 g/mol. The minimum Gasteiger partial charge on any atom is -0.494 e. The Labute approximate surface area is 319 Å². The SMILES string of the molecule is CC[C@H]1OC(=O)[C@H](C)[C@@H](O[C@H]2C[C@@](C)(OC)[C@@H](O)[C@H](C)O2)[C@H](C)/C(O[C@@H]2O[C@H](C)C[C@H](N(C)C)[C@H]2O)=C2\C[C@@H](CO2)C2=NCCN3C(=O)O[C@@]1(C)[C@H]3[C@H]2C. The number of cyclic esters (lactones) is 1. The van der Waals surface area contributed by atoms with Crippen molar-refractivity contribution in [1.29, 1.82) is 0 Å². The van der Waals surface area contributed by atoms with E-state index in [4.69, 9.17) is 42.9 Å². The smallest absolute Gasteiger partial charge is 0.410 e. The number of hydrogen-bond acceptors (Lipinski definition) is 14. The molecule has 1 amide bonds. The predicted molar refractivity (Wildman–Crippen MR) is 195 cm³/mol. The first kappa shape index (κ1) is 41.1. The summed E-state index contributed by atoms with van der Waals surface area (Å²) in [6.07, 6.45) is -5.19. The van der Waals surface area contributed by atoms with Gasteiger partial charge < -0.3 is 53.0 Å². The zero-order valence-electron chi connectivity index (χ0n) is 33.9. The number of aliphatic imine (C=N–C) groups is 1. The van der Waals surface area contributed by atoms with Crippen LogP contribution in [0.3, 0.4) is 0 Å². The summed E-state index contributed by atoms with van der Waals surface area (Å²) < 4.78 is 50.9. The van der Waals surface area contributed by atoms with Gasteiger partial charge in [-0.3, -0.25) is 14.7 Å². The molecule has 306 valence electrons. The van der Waals surface area contributed by atoms with E-state index in [0.29, 0.717) is 50.5 Å². The summed E-state index contributed by atoms with van der Waals surface area (Å²) in [4.78, 5) is 36.7. The van der Waals surface area contributed by atoms with Crippen LogP contribution in [0.5, 0.6) is 0 Å². The number of nitrogens with zero attached hydrogens (tertiary/aromatic N) is 3. The molecule has 0 aromatic heterocycles. The maximum atomic E-state index is 14.5. The number of allylic oxidation sites excluding steroid dienone is 1. The molecule has 0 aromatic rings. The summed E-state index contributed by atoms with van der Waals surface area (Å²) in [6.45, 7) is 16.1. The molecule has 6 heterocycles. The average Bonchev–Trinajstić information content (AvgIpc) is 3.65. The highest BCUT2D eigenvalue weighted by Crippen LogP contribution is 2.45. The van der Waals surface area contributed by atoms with Crippen LogP contribution in [-0.2, 0) is 42.7 Å². The second kappa shape index (κ2) is 15.8. The lowest BCUT2D eigenvalue weighted by atomic mass is 9.76. The average molecular weight is 766 g/mol. The number of aliphatic hydroxyl groups excluding tert-OH is 2. The predicted octanol–water partition coefficient (Wildman–Crippen LogP) is 3.24. The third-order valence-electron chi connectivity index (χ3n) is 13.0. The lowest BCUT2D eigenvalue weighted by molar-refractivity contribution is -0.296. The molecule has 15 nitrogen and oxygen atoms in total. The molecule has 0 unspecified atom stereocenters. The van der Waals surface area contributed by atoms with Gasteiger partial charge in [0, 0.05) is 56.0 Å². The number of esters is 1. The Balaban J connectivity index is 1.46. The molecule has 0 spiro atoms. The van der Waals surface area contributed by atoms with Gasteiger partial charge in [0.25, 0.3) is 0 Å². The van der Waals surface area contributed by atoms with E-state index < -0.39 is 84.2 Å². The standard InChI is InChI=1S/C39H63N3O12/c1-12-27-39(8)33-20(3)29(40-13-14-42(33)37(46)54-39)24-16-26(48-18-24)32(53-36-30(43)25(41(9)10)15-19(2)49-36)21(4)31(22(5)35(45)51-27)52-28-17-38(7,47-11)34(44)23(6)50-28/h19-25,27-28,30-31,33-34,36,43-44H,12-18H2,1-11H3/b32-26-/t19-,20+,21+,22-,23+,24+,25+,27-,28+,30-,31+,33-,34+,36+,38-,39-/m1/s1. The highest BCUT2D eigenvalue weighted by Gasteiger charge is 2.60. The van der Waals surface area contributed by atoms with Crippen LogP contribution >= 0.6 is 0 Å². The summed E-state index contributed by atoms with van der Waals surface area (Å²) in [5.41, 5.74) is -1.23. The summed E-state index contributed by atoms with van der Waals surface area (Å²) >= 11 is 0. The van der Waals surface area contributed by atoms with Gasteiger partial charge in [-0.15, -0.1) is 0 Å². The summed E-state index contributed by atoms with van der Waals surface area (Å²) in [7, 11) is 5.37. The first-order valence-corrected chi connectivity index (χ1v) is 19.7. The number of fused-ring (bicyclic) bond motifs is 4. The highest BCUT2D eigenvalue weighted by atomic mass is 16.7. The minimum atomic E-state index is -1.16. The molecule has 15 heteroatoms. The number of likely N-dealkylation sites (N-methyl/N-ethyl adjacent to an activating group) is 1. The van der Waals surface area contributed by atoms with E-state index in [2.05, 4.69) is 6.92 Å². The Morgan fingerprint density at radius 3 is 2.43 bits per heavy atom. The van der Waals surface area contributed by atoms with Crippen LogP contribution < -0.4 is 0 Å². The van der Waals surface area contributed by atoms with Crippen molar-refractivity contribution in [1.82, 2.24) is 9.80 Å². The molecule has 0 radical (unpaired) electrons. The number of carbonyl (C=O) groups excluding carboxylic acids is 2. The third kappa shape index (κ3) is 7.38. The van der Waals surface area contributed by atoms with Gasteiger partial charge in [0.05, 0.1) is 49.0 Å². The van der Waals surface area contributed by atoms with Gasteiger partial charge in [0.2, 0.25) is 6.29 Å². The third-order valence-corrected chi connectivity index (χ3v) is 13.0. The molecule has 54 heavy (non-hydrogen) atoms. The van der Waals surface area contributed by atoms with Crippen LogP contribution in [0.2, 0.25) is 0 Å². The molecule has 6 rings (SSSR count). The lowest BCUT2D eigenvalue weighted by Gasteiger charge is -2.46. The summed E-state index contributed by atoms with van der Waals surface area (Å²) in [5, 5.41) is 22.6. The number of rotatable bonds is 7. The lowest BCUT2D eigenvalue weighted by Crippen LogP contribution is -2.58. The van der Waals surface area contributed by atoms with Gasteiger partial charge in [-0.25, -0.2) is 4.79 Å². The number of hydrogen-bond donors (Lipinski definition) is 2. The molecule has 4 bridgehead atoms. The molecule has 4 saturated heterocycles. The van der Waals surface area contributed by atoms with Gasteiger partial charge >= 0.3 is 12.1 Å². The van der Waals surface area contributed by atoms with E-state index in [1.165, 1.54) is 7.11 Å². The van der Waals surface area contributed by atoms with Crippen molar-refractivity contribution in [2.75, 3.05) is 40.9 Å². The Bertz CT molecular complexity index is 1460. The second-order valence-electron chi connectivity index (χ2n) is 16.9. The van der Waals surface area contributed by atoms with Gasteiger partial charge in [-0.2, -0.15) is 0 Å². The van der Waals surface area contributed by atoms with Crippen LogP contribution in [0.15, 0.2) is 16.5 Å². The van der Waals surface area contributed by atoms with Gasteiger partial charge in [-0.05, 0) is 61.6 Å². The number of methoxy groups -OCH3 is 1. The van der Waals surface area contributed by atoms with E-state index in [0.717, 1.165) is 5.71 Å². The number of ether oxygens (including phenoxy) is 8. The molecule has 6 aliphatic rings. The van der Waals surface area contributed by atoms with Crippen molar-refractivity contribution in [2.45, 2.75) is 154 Å². The Kier molecular flexibility index (Phi) is 12.0. The first-order chi connectivity index (χ1) is 25.4. The number of aliphatic hydroxyl groups is 2. The zero-order chi connectivity index (χ0) is 39.4. The van der Waals surface area contributed by atoms with E-state index in [1.807, 2.05) is 46.7 Å². The number of carbonyl (C=O) groups is 2. The Morgan fingerprint density at radius 1 is 1.04 bits per heavy atom. The normalized spacial score (nSPS) is 47.3. The molecular weight excluding hydrogens is 702 g/mol. The Hall–Kier alpha value is -2.53. The van der Waals surface area contributed by atoms with Crippen LogP contribution in [0.25, 0.3) is 0 Å². The van der Waals surface area contributed by atoms with Crippen molar-refractivity contribution < 1.29 is 57.7 Å². The van der Waals surface area contributed by atoms with Gasteiger partial charge in [0.15, 0.2) is 11.9 Å². The fraction of sp³-hybridized carbons (Fsp3) is 0.872. The molecule has 0 aromatic carbocycles. The number of amides is 1. The topological polar surface area (TPSA) is 167 Å². The van der Waals surface area contributed by atoms with E-state index in [1.54, 1.807) is 25.7 Å². The van der Waals surface area contributed by atoms with Gasteiger partial charge in [-0.1, -0.05) is 20.8 Å². The maximum Gasteiger partial charge on any atom is 0.410 e. The Morgan fingerprint density at radius 2 is 1.76 bits per heavy atom. The quantitative estimate of drug-likeness (QED) is 0.363. The van der Waals surface area contributed by atoms with Crippen LogP contribution in [-0.4, -0.2) is 151 Å². The molecule has 0 aliphatic carbocycles. The van der Waals surface area contributed by atoms with Crippen molar-refractivity contribution in [3.63, 3.8) is 0 Å². The maximum absolute atomic E-state index is 14.5. The fourth-order valence-electron chi connectivity index (χ4n) is 9.75. The first-order valence-electron chi connectivity index (χ1n) is 19.7. The van der Waals surface area contributed by atoms with Crippen LogP contribution in [0, 0.1) is 23.7 Å². The largest absolute Gasteiger partial charge is 0.494 e. The molecule has 2 N–H and O–H groups in total. The van der Waals surface area contributed by atoms with E-state index in [-0.39, 0.29) is 30.4 Å². The summed E-state index contributed by atoms with van der Waals surface area (Å²) in [6, 6.07) is -0.671. The van der Waals surface area contributed by atoms with Gasteiger partial charge in [0.1, 0.15) is 29.8 Å². The van der Waals surface area contributed by atoms with Crippen LogP contribution in [0.1, 0.15) is 81.1 Å². The van der Waals surface area contributed by atoms with Crippen molar-refractivity contribution in [2.24, 2.45) is 28.7 Å². The molecule has 6 aliphatic heterocycles. The fourth-order valence-corrected chi connectivity index (χ4v) is 9.75. The molecular formula is C39H63N3O12. The summed E-state index contributed by atoms with van der Waals surface area (Å²) in [5.74, 6) is -1.54. The molecule has 4 fully saturated rings. The minimum absolute atomic E-state index is 0.139. The van der Waals surface area contributed by atoms with Crippen molar-refractivity contribution in [3.8, 4) is 0 Å². The van der Waals surface area contributed by atoms with E-state index in [9.17, 15) is 19.8 Å². The van der Waals surface area contributed by atoms with Crippen molar-refractivity contribution >= 4 is 17.8 Å². The second-order valence-corrected chi connectivity index (χ2v) is 16.9. The molecule has 16 atom stereocenters. The molecule has 0 saturated carbocycles. The highest BCUT2D eigenvalue weighted by molar-refractivity contribution is 5.91. The zero-order valence-corrected chi connectivity index (χ0v) is 33.9. The van der Waals surface area contributed by atoms with E-state index >= 15 is 0 Å². The van der Waals surface area contributed by atoms with Crippen molar-refractivity contribution in [3.05, 3.63) is 11.5 Å². The van der Waals surface area contributed by atoms with Crippen LogP contribution in [0.4, 0.5) is 4.79 Å².